The van der Waals surface area contributed by atoms with Gasteiger partial charge in [0.15, 0.2) is 11.5 Å². The van der Waals surface area contributed by atoms with Gasteiger partial charge in [0.25, 0.3) is 5.91 Å². The number of alkyl halides is 3. The molecule has 2 atom stereocenters. The molecule has 2 N–H and O–H groups in total. The third-order valence-electron chi connectivity index (χ3n) is 4.38. The molecule has 0 aromatic heterocycles. The summed E-state index contributed by atoms with van der Waals surface area (Å²) in [6, 6.07) is 11.5. The number of fused-ring (bicyclic) bond motifs is 1. The first-order valence-corrected chi connectivity index (χ1v) is 8.88. The minimum atomic E-state index is -4.41. The highest BCUT2D eigenvalue weighted by atomic mass is 19.4. The van der Waals surface area contributed by atoms with E-state index in [2.05, 4.69) is 10.9 Å². The molecule has 0 saturated heterocycles. The Kier molecular flexibility index (Phi) is 5.95. The molecule has 0 saturated carbocycles. The zero-order valence-corrected chi connectivity index (χ0v) is 15.5. The quantitative estimate of drug-likeness (QED) is 0.763. The van der Waals surface area contributed by atoms with Crippen LogP contribution in [-0.4, -0.2) is 24.5 Å². The second-order valence-electron chi connectivity index (χ2n) is 6.64. The average Bonchev–Trinajstić information content (AvgIpc) is 2.71. The molecule has 2 aromatic carbocycles. The average molecular weight is 408 g/mol. The highest BCUT2D eigenvalue weighted by molar-refractivity contribution is 5.86. The Labute approximate surface area is 165 Å². The number of benzene rings is 2. The summed E-state index contributed by atoms with van der Waals surface area (Å²) >= 11 is 0. The molecule has 2 unspecified atom stereocenters. The minimum absolute atomic E-state index is 0.000174. The van der Waals surface area contributed by atoms with Crippen molar-refractivity contribution in [2.45, 2.75) is 25.6 Å². The van der Waals surface area contributed by atoms with Crippen LogP contribution in [0.4, 0.5) is 13.2 Å². The third kappa shape index (κ3) is 5.18. The Hall–Kier alpha value is -3.23. The number of hydrogen-bond donors (Lipinski definition) is 2. The van der Waals surface area contributed by atoms with Crippen molar-refractivity contribution >= 4 is 11.8 Å². The SMILES string of the molecule is CC(Cc1ccc(C(F)(F)F)cc1)C(=O)NNC(=O)C1COc2ccccc2O1. The van der Waals surface area contributed by atoms with Gasteiger partial charge in [0.05, 0.1) is 5.56 Å². The molecule has 0 spiro atoms. The Morgan fingerprint density at radius 1 is 1.07 bits per heavy atom. The molecule has 0 fully saturated rings. The molecule has 9 heteroatoms. The monoisotopic (exact) mass is 408 g/mol. The van der Waals surface area contributed by atoms with Gasteiger partial charge in [-0.15, -0.1) is 0 Å². The number of halogens is 3. The van der Waals surface area contributed by atoms with Gasteiger partial charge in [-0.1, -0.05) is 31.2 Å². The number of carbonyl (C=O) groups is 2. The van der Waals surface area contributed by atoms with Crippen molar-refractivity contribution in [1.29, 1.82) is 0 Å². The molecular formula is C20H19F3N2O4. The number of hydrazine groups is 1. The van der Waals surface area contributed by atoms with Crippen molar-refractivity contribution in [2.24, 2.45) is 5.92 Å². The second-order valence-corrected chi connectivity index (χ2v) is 6.64. The van der Waals surface area contributed by atoms with Crippen LogP contribution in [0.25, 0.3) is 0 Å². The number of para-hydroxylation sites is 2. The Bertz CT molecular complexity index is 884. The second kappa shape index (κ2) is 8.42. The lowest BCUT2D eigenvalue weighted by molar-refractivity contribution is -0.137. The van der Waals surface area contributed by atoms with Gasteiger partial charge in [0.2, 0.25) is 12.0 Å². The lowest BCUT2D eigenvalue weighted by Crippen LogP contribution is -2.52. The van der Waals surface area contributed by atoms with Crippen molar-refractivity contribution in [3.8, 4) is 11.5 Å². The molecule has 29 heavy (non-hydrogen) atoms. The van der Waals surface area contributed by atoms with Crippen LogP contribution in [0, 0.1) is 5.92 Å². The highest BCUT2D eigenvalue weighted by Crippen LogP contribution is 2.31. The molecule has 0 bridgehead atoms. The maximum absolute atomic E-state index is 12.6. The zero-order valence-electron chi connectivity index (χ0n) is 15.5. The fraction of sp³-hybridized carbons (Fsp3) is 0.300. The van der Waals surface area contributed by atoms with E-state index in [-0.39, 0.29) is 13.0 Å². The van der Waals surface area contributed by atoms with Crippen LogP contribution < -0.4 is 20.3 Å². The first-order valence-electron chi connectivity index (χ1n) is 8.88. The van der Waals surface area contributed by atoms with Crippen LogP contribution >= 0.6 is 0 Å². The van der Waals surface area contributed by atoms with Crippen LogP contribution in [0.2, 0.25) is 0 Å². The van der Waals surface area contributed by atoms with Gasteiger partial charge in [-0.2, -0.15) is 13.2 Å². The third-order valence-corrected chi connectivity index (χ3v) is 4.38. The van der Waals surface area contributed by atoms with E-state index in [4.69, 9.17) is 9.47 Å². The van der Waals surface area contributed by atoms with Crippen molar-refractivity contribution in [3.63, 3.8) is 0 Å². The predicted octanol–water partition coefficient (Wildman–Crippen LogP) is 2.87. The number of rotatable bonds is 4. The van der Waals surface area contributed by atoms with Crippen LogP contribution in [0.3, 0.4) is 0 Å². The Morgan fingerprint density at radius 2 is 1.72 bits per heavy atom. The topological polar surface area (TPSA) is 76.7 Å². The first-order chi connectivity index (χ1) is 13.7. The molecule has 0 aliphatic carbocycles. The van der Waals surface area contributed by atoms with Crippen molar-refractivity contribution < 1.29 is 32.2 Å². The fourth-order valence-corrected chi connectivity index (χ4v) is 2.75. The molecule has 1 aliphatic rings. The number of amides is 2. The van der Waals surface area contributed by atoms with E-state index < -0.39 is 35.6 Å². The van der Waals surface area contributed by atoms with Gasteiger partial charge in [0, 0.05) is 5.92 Å². The van der Waals surface area contributed by atoms with Gasteiger partial charge in [-0.05, 0) is 36.2 Å². The van der Waals surface area contributed by atoms with Crippen LogP contribution in [0.1, 0.15) is 18.1 Å². The lowest BCUT2D eigenvalue weighted by atomic mass is 9.99. The maximum atomic E-state index is 12.6. The minimum Gasteiger partial charge on any atom is -0.485 e. The molecule has 1 heterocycles. The summed E-state index contributed by atoms with van der Waals surface area (Å²) in [7, 11) is 0. The van der Waals surface area contributed by atoms with Crippen molar-refractivity contribution in [3.05, 3.63) is 59.7 Å². The van der Waals surface area contributed by atoms with Crippen molar-refractivity contribution in [2.75, 3.05) is 6.61 Å². The summed E-state index contributed by atoms with van der Waals surface area (Å²) in [5, 5.41) is 0. The van der Waals surface area contributed by atoms with E-state index in [0.717, 1.165) is 12.1 Å². The van der Waals surface area contributed by atoms with Crippen LogP contribution in [-0.2, 0) is 22.2 Å². The molecule has 154 valence electrons. The largest absolute Gasteiger partial charge is 0.485 e. The molecule has 0 radical (unpaired) electrons. The molecule has 3 rings (SSSR count). The maximum Gasteiger partial charge on any atom is 0.416 e. The van der Waals surface area contributed by atoms with E-state index in [1.807, 2.05) is 0 Å². The summed E-state index contributed by atoms with van der Waals surface area (Å²) < 4.78 is 48.8. The summed E-state index contributed by atoms with van der Waals surface area (Å²) in [5.41, 5.74) is 4.42. The van der Waals surface area contributed by atoms with E-state index in [1.165, 1.54) is 12.1 Å². The highest BCUT2D eigenvalue weighted by Gasteiger charge is 2.30. The van der Waals surface area contributed by atoms with Crippen LogP contribution in [0.5, 0.6) is 11.5 Å². The first kappa shape index (κ1) is 20.5. The molecule has 1 aliphatic heterocycles. The summed E-state index contributed by atoms with van der Waals surface area (Å²) in [4.78, 5) is 24.4. The Morgan fingerprint density at radius 3 is 2.38 bits per heavy atom. The van der Waals surface area contributed by atoms with Crippen LogP contribution in [0.15, 0.2) is 48.5 Å². The number of carbonyl (C=O) groups excluding carboxylic acids is 2. The number of ether oxygens (including phenoxy) is 2. The molecule has 6 nitrogen and oxygen atoms in total. The Balaban J connectivity index is 1.48. The zero-order chi connectivity index (χ0) is 21.0. The number of nitrogens with one attached hydrogen (secondary N) is 2. The standard InChI is InChI=1S/C20H19F3N2O4/c1-12(10-13-6-8-14(9-7-13)20(21,22)23)18(26)24-25-19(27)17-11-28-15-4-2-3-5-16(15)29-17/h2-9,12,17H,10-11H2,1H3,(H,24,26)(H,25,27). The summed E-state index contributed by atoms with van der Waals surface area (Å²) in [6.07, 6.45) is -5.11. The smallest absolute Gasteiger partial charge is 0.416 e. The van der Waals surface area contributed by atoms with E-state index >= 15 is 0 Å². The van der Waals surface area contributed by atoms with Gasteiger partial charge in [-0.3, -0.25) is 20.4 Å². The normalized spacial score (nSPS) is 16.6. The molecule has 2 aromatic rings. The number of hydrogen-bond acceptors (Lipinski definition) is 4. The van der Waals surface area contributed by atoms with E-state index in [1.54, 1.807) is 31.2 Å². The van der Waals surface area contributed by atoms with Crippen molar-refractivity contribution in [1.82, 2.24) is 10.9 Å². The summed E-state index contributed by atoms with van der Waals surface area (Å²) in [5.74, 6) is -0.659. The summed E-state index contributed by atoms with van der Waals surface area (Å²) in [6.45, 7) is 1.61. The van der Waals surface area contributed by atoms with Gasteiger partial charge >= 0.3 is 6.18 Å². The predicted molar refractivity (Wildman–Crippen MR) is 97.0 cm³/mol. The van der Waals surface area contributed by atoms with E-state index in [0.29, 0.717) is 17.1 Å². The van der Waals surface area contributed by atoms with Gasteiger partial charge in [0.1, 0.15) is 6.61 Å². The van der Waals surface area contributed by atoms with Gasteiger partial charge < -0.3 is 9.47 Å². The van der Waals surface area contributed by atoms with E-state index in [9.17, 15) is 22.8 Å². The van der Waals surface area contributed by atoms with Gasteiger partial charge in [-0.25, -0.2) is 0 Å². The lowest BCUT2D eigenvalue weighted by Gasteiger charge is -2.25. The molecular weight excluding hydrogens is 389 g/mol. The molecule has 2 amide bonds. The fourth-order valence-electron chi connectivity index (χ4n) is 2.75.